The Labute approximate surface area is 132 Å². The first-order valence-corrected chi connectivity index (χ1v) is 8.48. The summed E-state index contributed by atoms with van der Waals surface area (Å²) in [5.74, 6) is 0.624. The number of aliphatic carboxylic acids is 1. The molecule has 22 heavy (non-hydrogen) atoms. The maximum absolute atomic E-state index is 11.9. The number of nitrogens with one attached hydrogen (secondary N) is 2. The van der Waals surface area contributed by atoms with E-state index in [0.29, 0.717) is 5.92 Å². The summed E-state index contributed by atoms with van der Waals surface area (Å²) in [6, 6.07) is 0.377. The van der Waals surface area contributed by atoms with Gasteiger partial charge in [0.2, 0.25) is 0 Å². The van der Waals surface area contributed by atoms with Gasteiger partial charge in [-0.3, -0.25) is 9.69 Å². The van der Waals surface area contributed by atoms with Gasteiger partial charge in [0.15, 0.2) is 0 Å². The monoisotopic (exact) mass is 311 g/mol. The van der Waals surface area contributed by atoms with Crippen molar-refractivity contribution >= 4 is 12.0 Å². The number of carboxylic acids is 1. The lowest BCUT2D eigenvalue weighted by Gasteiger charge is -2.42. The molecule has 0 aromatic rings. The molecule has 2 unspecified atom stereocenters. The smallest absolute Gasteiger partial charge is 0.317 e. The quantitative estimate of drug-likeness (QED) is 0.668. The Kier molecular flexibility index (Phi) is 6.06. The highest BCUT2D eigenvalue weighted by molar-refractivity contribution is 5.74. The minimum absolute atomic E-state index is 0.0794. The Morgan fingerprint density at radius 1 is 1.23 bits per heavy atom. The topological polar surface area (TPSA) is 81.7 Å². The van der Waals surface area contributed by atoms with Crippen LogP contribution in [-0.4, -0.2) is 53.7 Å². The summed E-state index contributed by atoms with van der Waals surface area (Å²) in [6.07, 6.45) is 5.39. The van der Waals surface area contributed by atoms with E-state index in [4.69, 9.17) is 5.11 Å². The van der Waals surface area contributed by atoms with Crippen molar-refractivity contribution < 1.29 is 14.7 Å². The molecule has 0 bridgehead atoms. The highest BCUT2D eigenvalue weighted by Gasteiger charge is 2.34. The number of carboxylic acid groups (broad SMARTS) is 1. The van der Waals surface area contributed by atoms with E-state index in [1.807, 2.05) is 11.8 Å². The second-order valence-electron chi connectivity index (χ2n) is 6.92. The van der Waals surface area contributed by atoms with E-state index in [2.05, 4.69) is 17.6 Å². The summed E-state index contributed by atoms with van der Waals surface area (Å²) in [4.78, 5) is 24.6. The Bertz CT molecular complexity index is 396. The number of hydrogen-bond donors (Lipinski definition) is 3. The standard InChI is InChI=1S/C16H29N3O3/c1-3-19(10-15(20)21)14-7-13(8-14)18-16(22)17-9-12-5-4-11(2)6-12/h11-14H,3-10H2,1-2H3,(H,20,21)(H2,17,18,22). The average molecular weight is 311 g/mol. The largest absolute Gasteiger partial charge is 0.480 e. The van der Waals surface area contributed by atoms with Gasteiger partial charge in [0.05, 0.1) is 6.54 Å². The zero-order valence-corrected chi connectivity index (χ0v) is 13.7. The second kappa shape index (κ2) is 7.81. The van der Waals surface area contributed by atoms with Crippen molar-refractivity contribution in [2.75, 3.05) is 19.6 Å². The molecule has 0 heterocycles. The molecular weight excluding hydrogens is 282 g/mol. The van der Waals surface area contributed by atoms with Crippen LogP contribution in [-0.2, 0) is 4.79 Å². The van der Waals surface area contributed by atoms with Crippen LogP contribution in [0.15, 0.2) is 0 Å². The number of rotatable bonds is 7. The molecule has 0 saturated heterocycles. The number of urea groups is 1. The van der Waals surface area contributed by atoms with E-state index in [1.54, 1.807) is 0 Å². The van der Waals surface area contributed by atoms with Crippen LogP contribution in [0.3, 0.4) is 0 Å². The van der Waals surface area contributed by atoms with Gasteiger partial charge in [-0.15, -0.1) is 0 Å². The normalized spacial score (nSPS) is 30.9. The summed E-state index contributed by atoms with van der Waals surface area (Å²) >= 11 is 0. The molecule has 2 aliphatic carbocycles. The number of carbonyl (C=O) groups is 2. The lowest BCUT2D eigenvalue weighted by Crippen LogP contribution is -2.56. The minimum Gasteiger partial charge on any atom is -0.480 e. The van der Waals surface area contributed by atoms with Crippen LogP contribution in [0.25, 0.3) is 0 Å². The van der Waals surface area contributed by atoms with Crippen LogP contribution in [0.5, 0.6) is 0 Å². The van der Waals surface area contributed by atoms with Gasteiger partial charge in [0, 0.05) is 18.6 Å². The van der Waals surface area contributed by atoms with Crippen LogP contribution in [0.1, 0.15) is 46.0 Å². The van der Waals surface area contributed by atoms with Gasteiger partial charge in [0.1, 0.15) is 0 Å². The molecule has 0 aromatic heterocycles. The van der Waals surface area contributed by atoms with Crippen molar-refractivity contribution in [1.29, 1.82) is 0 Å². The van der Waals surface area contributed by atoms with Gasteiger partial charge in [-0.1, -0.05) is 20.3 Å². The number of nitrogens with zero attached hydrogens (tertiary/aromatic N) is 1. The molecule has 126 valence electrons. The molecule has 6 heteroatoms. The third-order valence-corrected chi connectivity index (χ3v) is 5.06. The third-order valence-electron chi connectivity index (χ3n) is 5.06. The SMILES string of the molecule is CCN(CC(=O)O)C1CC(NC(=O)NCC2CCC(C)C2)C1. The first kappa shape index (κ1) is 17.1. The summed E-state index contributed by atoms with van der Waals surface area (Å²) in [7, 11) is 0. The lowest BCUT2D eigenvalue weighted by atomic mass is 9.85. The molecule has 0 aliphatic heterocycles. The van der Waals surface area contributed by atoms with Crippen molar-refractivity contribution in [3.8, 4) is 0 Å². The Balaban J connectivity index is 1.60. The number of amides is 2. The predicted molar refractivity (Wildman–Crippen MR) is 84.7 cm³/mol. The van der Waals surface area contributed by atoms with Crippen LogP contribution < -0.4 is 10.6 Å². The van der Waals surface area contributed by atoms with Gasteiger partial charge in [0.25, 0.3) is 0 Å². The zero-order chi connectivity index (χ0) is 16.1. The van der Waals surface area contributed by atoms with Crippen molar-refractivity contribution in [2.45, 2.75) is 58.0 Å². The first-order chi connectivity index (χ1) is 10.5. The molecule has 2 aliphatic rings. The van der Waals surface area contributed by atoms with Gasteiger partial charge in [-0.05, 0) is 44.1 Å². The first-order valence-electron chi connectivity index (χ1n) is 8.48. The minimum atomic E-state index is -0.790. The predicted octanol–water partition coefficient (Wildman–Crippen LogP) is 1.66. The van der Waals surface area contributed by atoms with Crippen LogP contribution >= 0.6 is 0 Å². The summed E-state index contributed by atoms with van der Waals surface area (Å²) in [6.45, 7) is 5.83. The molecule has 6 nitrogen and oxygen atoms in total. The fourth-order valence-electron chi connectivity index (χ4n) is 3.66. The fraction of sp³-hybridized carbons (Fsp3) is 0.875. The molecule has 2 amide bonds. The molecule has 0 aromatic carbocycles. The van der Waals surface area contributed by atoms with Crippen LogP contribution in [0, 0.1) is 11.8 Å². The van der Waals surface area contributed by atoms with E-state index in [1.165, 1.54) is 19.3 Å². The summed E-state index contributed by atoms with van der Waals surface area (Å²) in [5.41, 5.74) is 0. The Hall–Kier alpha value is -1.30. The van der Waals surface area contributed by atoms with Crippen molar-refractivity contribution in [2.24, 2.45) is 11.8 Å². The molecule has 0 radical (unpaired) electrons. The molecule has 2 fully saturated rings. The highest BCUT2D eigenvalue weighted by atomic mass is 16.4. The third kappa shape index (κ3) is 4.87. The van der Waals surface area contributed by atoms with Gasteiger partial charge >= 0.3 is 12.0 Å². The maximum Gasteiger partial charge on any atom is 0.317 e. The van der Waals surface area contributed by atoms with E-state index in [9.17, 15) is 9.59 Å². The average Bonchev–Trinajstić information content (AvgIpc) is 2.83. The maximum atomic E-state index is 11.9. The fourth-order valence-corrected chi connectivity index (χ4v) is 3.66. The van der Waals surface area contributed by atoms with E-state index in [-0.39, 0.29) is 24.7 Å². The van der Waals surface area contributed by atoms with E-state index < -0.39 is 5.97 Å². The van der Waals surface area contributed by atoms with Gasteiger partial charge in [-0.25, -0.2) is 4.79 Å². The second-order valence-corrected chi connectivity index (χ2v) is 6.92. The lowest BCUT2D eigenvalue weighted by molar-refractivity contribution is -0.139. The van der Waals surface area contributed by atoms with Crippen LogP contribution in [0.4, 0.5) is 4.79 Å². The van der Waals surface area contributed by atoms with Gasteiger partial charge in [-0.2, -0.15) is 0 Å². The number of likely N-dealkylation sites (N-methyl/N-ethyl adjacent to an activating group) is 1. The molecule has 2 rings (SSSR count). The molecule has 3 N–H and O–H groups in total. The van der Waals surface area contributed by atoms with Crippen LogP contribution in [0.2, 0.25) is 0 Å². The Morgan fingerprint density at radius 3 is 2.50 bits per heavy atom. The van der Waals surface area contributed by atoms with Crippen molar-refractivity contribution in [3.05, 3.63) is 0 Å². The summed E-state index contributed by atoms with van der Waals surface area (Å²) in [5, 5.41) is 14.8. The van der Waals surface area contributed by atoms with E-state index >= 15 is 0 Å². The van der Waals surface area contributed by atoms with Crippen molar-refractivity contribution in [3.63, 3.8) is 0 Å². The van der Waals surface area contributed by atoms with E-state index in [0.717, 1.165) is 31.8 Å². The Morgan fingerprint density at radius 2 is 1.95 bits per heavy atom. The van der Waals surface area contributed by atoms with Crippen molar-refractivity contribution in [1.82, 2.24) is 15.5 Å². The molecule has 2 atom stereocenters. The molecule has 2 saturated carbocycles. The zero-order valence-electron chi connectivity index (χ0n) is 13.7. The number of hydrogen-bond acceptors (Lipinski definition) is 3. The van der Waals surface area contributed by atoms with Gasteiger partial charge < -0.3 is 15.7 Å². The molecule has 0 spiro atoms. The number of carbonyl (C=O) groups excluding carboxylic acids is 1. The summed E-state index contributed by atoms with van der Waals surface area (Å²) < 4.78 is 0. The highest BCUT2D eigenvalue weighted by Crippen LogP contribution is 2.29. The molecular formula is C16H29N3O3.